The van der Waals surface area contributed by atoms with Crippen molar-refractivity contribution in [3.05, 3.63) is 51.7 Å². The van der Waals surface area contributed by atoms with E-state index in [1.54, 1.807) is 6.08 Å². The second-order valence-corrected chi connectivity index (χ2v) is 8.82. The van der Waals surface area contributed by atoms with Gasteiger partial charge >= 0.3 is 0 Å². The molecule has 1 aliphatic rings. The fourth-order valence-electron chi connectivity index (χ4n) is 2.41. The Kier molecular flexibility index (Phi) is 6.10. The highest BCUT2D eigenvalue weighted by molar-refractivity contribution is 7.89. The number of amides is 1. The van der Waals surface area contributed by atoms with Crippen molar-refractivity contribution in [3.63, 3.8) is 0 Å². The minimum absolute atomic E-state index is 0.0846. The minimum Gasteiger partial charge on any atom is -0.379 e. The molecule has 0 spiro atoms. The van der Waals surface area contributed by atoms with E-state index in [0.717, 1.165) is 4.88 Å². The molecule has 2 heterocycles. The maximum atomic E-state index is 12.7. The number of hydrogen-bond donors (Lipinski definition) is 1. The molecule has 0 aliphatic carbocycles. The molecule has 26 heavy (non-hydrogen) atoms. The highest BCUT2D eigenvalue weighted by Crippen LogP contribution is 2.27. The Balaban J connectivity index is 1.78. The summed E-state index contributed by atoms with van der Waals surface area (Å²) in [6.07, 6.45) is 3.06. The van der Waals surface area contributed by atoms with E-state index in [4.69, 9.17) is 16.3 Å². The lowest BCUT2D eigenvalue weighted by molar-refractivity contribution is -0.111. The van der Waals surface area contributed by atoms with Crippen molar-refractivity contribution >= 4 is 50.6 Å². The number of halogens is 1. The lowest BCUT2D eigenvalue weighted by atomic mass is 10.3. The van der Waals surface area contributed by atoms with Crippen molar-refractivity contribution in [2.24, 2.45) is 0 Å². The molecule has 0 bridgehead atoms. The number of carbonyl (C=O) groups is 1. The van der Waals surface area contributed by atoms with E-state index >= 15 is 0 Å². The van der Waals surface area contributed by atoms with Crippen molar-refractivity contribution in [3.8, 4) is 0 Å². The lowest BCUT2D eigenvalue weighted by Crippen LogP contribution is -2.40. The van der Waals surface area contributed by atoms with Gasteiger partial charge in [0.05, 0.1) is 28.8 Å². The van der Waals surface area contributed by atoms with Gasteiger partial charge in [0.1, 0.15) is 0 Å². The zero-order valence-electron chi connectivity index (χ0n) is 13.7. The molecule has 0 unspecified atom stereocenters. The van der Waals surface area contributed by atoms with Gasteiger partial charge in [-0.1, -0.05) is 17.7 Å². The quantitative estimate of drug-likeness (QED) is 0.766. The van der Waals surface area contributed by atoms with Crippen molar-refractivity contribution in [2.45, 2.75) is 4.90 Å². The van der Waals surface area contributed by atoms with Crippen molar-refractivity contribution in [2.75, 3.05) is 31.6 Å². The Hall–Kier alpha value is -1.71. The van der Waals surface area contributed by atoms with Crippen LogP contribution in [0.5, 0.6) is 0 Å². The molecule has 1 aromatic heterocycles. The predicted molar refractivity (Wildman–Crippen MR) is 103 cm³/mol. The molecule has 1 N–H and O–H groups in total. The topological polar surface area (TPSA) is 75.7 Å². The van der Waals surface area contributed by atoms with Crippen LogP contribution in [0.15, 0.2) is 46.7 Å². The van der Waals surface area contributed by atoms with Gasteiger partial charge in [-0.05, 0) is 35.7 Å². The first-order valence-corrected chi connectivity index (χ1v) is 10.6. The number of hydrogen-bond acceptors (Lipinski definition) is 5. The minimum atomic E-state index is -3.66. The summed E-state index contributed by atoms with van der Waals surface area (Å²) in [5, 5.41) is 4.81. The molecule has 1 aromatic carbocycles. The van der Waals surface area contributed by atoms with Crippen molar-refractivity contribution in [1.82, 2.24) is 4.31 Å². The number of thiophene rings is 1. The molecule has 1 amide bonds. The fourth-order valence-corrected chi connectivity index (χ4v) is 4.63. The Labute approximate surface area is 161 Å². The summed E-state index contributed by atoms with van der Waals surface area (Å²) in [5.74, 6) is -0.388. The van der Waals surface area contributed by atoms with E-state index in [2.05, 4.69) is 5.32 Å². The fraction of sp³-hybridized carbons (Fsp3) is 0.235. The van der Waals surface area contributed by atoms with E-state index < -0.39 is 10.0 Å². The van der Waals surface area contributed by atoms with Gasteiger partial charge in [-0.3, -0.25) is 4.79 Å². The number of benzene rings is 1. The summed E-state index contributed by atoms with van der Waals surface area (Å²) in [7, 11) is -3.66. The van der Waals surface area contributed by atoms with Crippen LogP contribution in [0, 0.1) is 0 Å². The molecular formula is C17H17ClN2O4S2. The summed E-state index contributed by atoms with van der Waals surface area (Å²) in [4.78, 5) is 13.1. The van der Waals surface area contributed by atoms with Gasteiger partial charge in [0.15, 0.2) is 0 Å². The van der Waals surface area contributed by atoms with Crippen LogP contribution < -0.4 is 5.32 Å². The van der Waals surface area contributed by atoms with Crippen LogP contribution in [0.1, 0.15) is 4.88 Å². The molecular weight excluding hydrogens is 396 g/mol. The van der Waals surface area contributed by atoms with Crippen molar-refractivity contribution in [1.29, 1.82) is 0 Å². The van der Waals surface area contributed by atoms with Crippen LogP contribution in [-0.4, -0.2) is 44.9 Å². The molecule has 1 aliphatic heterocycles. The van der Waals surface area contributed by atoms with Crippen LogP contribution in [0.3, 0.4) is 0 Å². The monoisotopic (exact) mass is 412 g/mol. The molecule has 0 radical (unpaired) electrons. The average molecular weight is 413 g/mol. The molecule has 138 valence electrons. The highest BCUT2D eigenvalue weighted by Gasteiger charge is 2.27. The Morgan fingerprint density at radius 2 is 2.04 bits per heavy atom. The third-order valence-electron chi connectivity index (χ3n) is 3.75. The zero-order valence-corrected chi connectivity index (χ0v) is 16.1. The SMILES string of the molecule is O=C(/C=C/c1cccs1)Nc1cc(S(=O)(=O)N2CCOCC2)ccc1Cl. The normalized spacial score (nSPS) is 16.0. The average Bonchev–Trinajstić information content (AvgIpc) is 3.16. The zero-order chi connectivity index (χ0) is 18.6. The molecule has 1 fully saturated rings. The second-order valence-electron chi connectivity index (χ2n) is 5.50. The van der Waals surface area contributed by atoms with Gasteiger partial charge in [-0.25, -0.2) is 8.42 Å². The third kappa shape index (κ3) is 4.52. The first-order valence-electron chi connectivity index (χ1n) is 7.87. The molecule has 1 saturated heterocycles. The van der Waals surface area contributed by atoms with Gasteiger partial charge in [-0.2, -0.15) is 4.31 Å². The number of anilines is 1. The largest absolute Gasteiger partial charge is 0.379 e. The van der Waals surface area contributed by atoms with Gasteiger partial charge in [-0.15, -0.1) is 11.3 Å². The summed E-state index contributed by atoms with van der Waals surface area (Å²) in [6.45, 7) is 1.33. The van der Waals surface area contributed by atoms with Gasteiger partial charge in [0.2, 0.25) is 15.9 Å². The predicted octanol–water partition coefficient (Wildman–Crippen LogP) is 3.07. The highest BCUT2D eigenvalue weighted by atomic mass is 35.5. The van der Waals surface area contributed by atoms with E-state index in [-0.39, 0.29) is 21.5 Å². The first-order chi connectivity index (χ1) is 12.5. The van der Waals surface area contributed by atoms with Gasteiger partial charge in [0, 0.05) is 24.0 Å². The Morgan fingerprint density at radius 3 is 2.73 bits per heavy atom. The van der Waals surface area contributed by atoms with E-state index in [1.807, 2.05) is 17.5 Å². The van der Waals surface area contributed by atoms with Crippen LogP contribution in [-0.2, 0) is 19.6 Å². The number of nitrogens with zero attached hydrogens (tertiary/aromatic N) is 1. The van der Waals surface area contributed by atoms with E-state index in [0.29, 0.717) is 26.3 Å². The molecule has 6 nitrogen and oxygen atoms in total. The number of ether oxygens (including phenoxy) is 1. The van der Waals surface area contributed by atoms with Crippen LogP contribution in [0.4, 0.5) is 5.69 Å². The number of carbonyl (C=O) groups excluding carboxylic acids is 1. The van der Waals surface area contributed by atoms with Crippen LogP contribution in [0.25, 0.3) is 6.08 Å². The van der Waals surface area contributed by atoms with Gasteiger partial charge in [0.25, 0.3) is 0 Å². The number of nitrogens with one attached hydrogen (secondary N) is 1. The number of sulfonamides is 1. The molecule has 0 atom stereocenters. The number of rotatable bonds is 5. The smallest absolute Gasteiger partial charge is 0.248 e. The van der Waals surface area contributed by atoms with Crippen molar-refractivity contribution < 1.29 is 17.9 Å². The Bertz CT molecular complexity index is 905. The maximum absolute atomic E-state index is 12.7. The Morgan fingerprint density at radius 1 is 1.27 bits per heavy atom. The summed E-state index contributed by atoms with van der Waals surface area (Å²) < 4.78 is 32.0. The van der Waals surface area contributed by atoms with Gasteiger partial charge < -0.3 is 10.1 Å². The summed E-state index contributed by atoms with van der Waals surface area (Å²) >= 11 is 7.62. The third-order valence-corrected chi connectivity index (χ3v) is 6.81. The van der Waals surface area contributed by atoms with E-state index in [9.17, 15) is 13.2 Å². The molecule has 0 saturated carbocycles. The molecule has 3 rings (SSSR count). The lowest BCUT2D eigenvalue weighted by Gasteiger charge is -2.26. The van der Waals surface area contributed by atoms with Crippen LogP contribution in [0.2, 0.25) is 5.02 Å². The second kappa shape index (κ2) is 8.32. The maximum Gasteiger partial charge on any atom is 0.248 e. The standard InChI is InChI=1S/C17H17ClN2O4S2/c18-15-5-4-14(26(22,23)20-7-9-24-10-8-20)12-16(15)19-17(21)6-3-13-2-1-11-25-13/h1-6,11-12H,7-10H2,(H,19,21)/b6-3+. The molecule has 2 aromatic rings. The first kappa shape index (κ1) is 19.1. The molecule has 9 heteroatoms. The summed E-state index contributed by atoms with van der Waals surface area (Å²) in [5.41, 5.74) is 0.252. The van der Waals surface area contributed by atoms with Crippen LogP contribution >= 0.6 is 22.9 Å². The van der Waals surface area contributed by atoms with E-state index in [1.165, 1.54) is 39.9 Å². The number of morpholine rings is 1. The summed E-state index contributed by atoms with van der Waals surface area (Å²) in [6, 6.07) is 8.05.